The van der Waals surface area contributed by atoms with E-state index in [1.54, 1.807) is 0 Å². The number of hydrogen-bond donors (Lipinski definition) is 0. The summed E-state index contributed by atoms with van der Waals surface area (Å²) >= 11 is 0. The van der Waals surface area contributed by atoms with Gasteiger partial charge in [-0.3, -0.25) is 0 Å². The molecule has 0 unspecified atom stereocenters. The number of benzene rings is 7. The van der Waals surface area contributed by atoms with Gasteiger partial charge in [-0.05, 0) is 50.6 Å². The zero-order valence-electron chi connectivity index (χ0n) is 26.9. The Balaban J connectivity index is 1.18. The van der Waals surface area contributed by atoms with E-state index in [0.717, 1.165) is 28.1 Å². The Hall–Kier alpha value is -6.38. The summed E-state index contributed by atoms with van der Waals surface area (Å²) in [7, 11) is 0. The van der Waals surface area contributed by atoms with Gasteiger partial charge in [0.25, 0.3) is 0 Å². The highest BCUT2D eigenvalue weighted by atomic mass is 14.9. The molecule has 0 spiro atoms. The molecule has 0 fully saturated rings. The molecule has 8 aromatic rings. The summed E-state index contributed by atoms with van der Waals surface area (Å²) in [6.45, 7) is 0. The summed E-state index contributed by atoms with van der Waals surface area (Å²) in [4.78, 5) is 10.3. The van der Waals surface area contributed by atoms with Crippen molar-refractivity contribution in [2.24, 2.45) is 0 Å². The molecular formula is C47H32N2. The summed E-state index contributed by atoms with van der Waals surface area (Å²) in [5.41, 5.74) is 14.5. The maximum Gasteiger partial charge on any atom is 0.160 e. The highest BCUT2D eigenvalue weighted by molar-refractivity contribution is 5.86. The Morgan fingerprint density at radius 2 is 0.694 bits per heavy atom. The smallest absolute Gasteiger partial charge is 0.160 e. The lowest BCUT2D eigenvalue weighted by Crippen LogP contribution is -2.28. The van der Waals surface area contributed by atoms with Crippen LogP contribution in [0.3, 0.4) is 0 Å². The Bertz CT molecular complexity index is 2350. The standard InChI is InChI=1S/C47H32N2/c1-4-14-33(15-5-1)34-24-26-36(27-25-34)45-32-44(35-16-6-2-7-17-35)48-46(49-45)37-28-30-39(31-29-37)47(38-18-8-3-9-19-38)42-22-12-10-20-40(42)41-21-11-13-23-43(41)47/h1-32H. The fourth-order valence-electron chi connectivity index (χ4n) is 7.53. The van der Waals surface area contributed by atoms with Gasteiger partial charge in [-0.1, -0.05) is 188 Å². The van der Waals surface area contributed by atoms with Gasteiger partial charge in [-0.15, -0.1) is 0 Å². The van der Waals surface area contributed by atoms with E-state index < -0.39 is 5.41 Å². The highest BCUT2D eigenvalue weighted by Gasteiger charge is 2.45. The first kappa shape index (κ1) is 28.8. The van der Waals surface area contributed by atoms with E-state index in [2.05, 4.69) is 182 Å². The minimum atomic E-state index is -0.439. The van der Waals surface area contributed by atoms with Crippen LogP contribution in [0.15, 0.2) is 194 Å². The van der Waals surface area contributed by atoms with Crippen LogP contribution in [-0.4, -0.2) is 9.97 Å². The van der Waals surface area contributed by atoms with Gasteiger partial charge in [-0.2, -0.15) is 0 Å². The zero-order valence-corrected chi connectivity index (χ0v) is 26.9. The summed E-state index contributed by atoms with van der Waals surface area (Å²) in [6, 6.07) is 69.1. The first-order valence-electron chi connectivity index (χ1n) is 16.8. The van der Waals surface area contributed by atoms with Crippen LogP contribution in [0, 0.1) is 0 Å². The van der Waals surface area contributed by atoms with Crippen LogP contribution in [0.5, 0.6) is 0 Å². The molecular weight excluding hydrogens is 593 g/mol. The molecule has 0 saturated carbocycles. The maximum absolute atomic E-state index is 5.17. The molecule has 2 nitrogen and oxygen atoms in total. The number of hydrogen-bond acceptors (Lipinski definition) is 2. The van der Waals surface area contributed by atoms with Gasteiger partial charge < -0.3 is 0 Å². The molecule has 1 aliphatic carbocycles. The van der Waals surface area contributed by atoms with Crippen molar-refractivity contribution >= 4 is 0 Å². The van der Waals surface area contributed by atoms with Crippen LogP contribution in [0.1, 0.15) is 22.3 Å². The largest absolute Gasteiger partial charge is 0.228 e. The van der Waals surface area contributed by atoms with Crippen LogP contribution >= 0.6 is 0 Å². The molecule has 7 aromatic carbocycles. The van der Waals surface area contributed by atoms with Crippen molar-refractivity contribution in [3.8, 4) is 56.2 Å². The predicted molar refractivity (Wildman–Crippen MR) is 201 cm³/mol. The monoisotopic (exact) mass is 624 g/mol. The molecule has 9 rings (SSSR count). The first-order valence-corrected chi connectivity index (χ1v) is 16.8. The second-order valence-electron chi connectivity index (χ2n) is 12.6. The second-order valence-corrected chi connectivity index (χ2v) is 12.6. The van der Waals surface area contributed by atoms with Crippen LogP contribution in [0.25, 0.3) is 56.2 Å². The molecule has 1 aromatic heterocycles. The van der Waals surface area contributed by atoms with Gasteiger partial charge in [0.05, 0.1) is 16.8 Å². The third kappa shape index (κ3) is 4.89. The van der Waals surface area contributed by atoms with Crippen LogP contribution in [0.2, 0.25) is 0 Å². The van der Waals surface area contributed by atoms with Gasteiger partial charge in [0.15, 0.2) is 5.82 Å². The topological polar surface area (TPSA) is 25.8 Å². The normalized spacial score (nSPS) is 12.7. The number of aromatic nitrogens is 2. The van der Waals surface area contributed by atoms with Gasteiger partial charge >= 0.3 is 0 Å². The molecule has 49 heavy (non-hydrogen) atoms. The fourth-order valence-corrected chi connectivity index (χ4v) is 7.53. The van der Waals surface area contributed by atoms with Gasteiger partial charge in [0, 0.05) is 16.7 Å². The van der Waals surface area contributed by atoms with Crippen molar-refractivity contribution in [3.63, 3.8) is 0 Å². The Labute approximate surface area is 287 Å². The lowest BCUT2D eigenvalue weighted by molar-refractivity contribution is 0.768. The summed E-state index contributed by atoms with van der Waals surface area (Å²) in [6.07, 6.45) is 0. The molecule has 1 heterocycles. The molecule has 0 atom stereocenters. The average Bonchev–Trinajstić information content (AvgIpc) is 3.50. The van der Waals surface area contributed by atoms with Crippen LogP contribution < -0.4 is 0 Å². The molecule has 0 bridgehead atoms. The maximum atomic E-state index is 5.17. The molecule has 0 saturated heterocycles. The lowest BCUT2D eigenvalue weighted by atomic mass is 9.67. The first-order chi connectivity index (χ1) is 24.3. The molecule has 0 N–H and O–H groups in total. The van der Waals surface area contributed by atoms with Crippen molar-refractivity contribution in [2.45, 2.75) is 5.41 Å². The van der Waals surface area contributed by atoms with Crippen LogP contribution in [-0.2, 0) is 5.41 Å². The zero-order chi connectivity index (χ0) is 32.6. The predicted octanol–water partition coefficient (Wildman–Crippen LogP) is 11.5. The molecule has 0 amide bonds. The lowest BCUT2D eigenvalue weighted by Gasteiger charge is -2.34. The summed E-state index contributed by atoms with van der Waals surface area (Å²) in [5.74, 6) is 0.705. The van der Waals surface area contributed by atoms with Crippen molar-refractivity contribution in [2.75, 3.05) is 0 Å². The molecule has 1 aliphatic rings. The van der Waals surface area contributed by atoms with Gasteiger partial charge in [0.1, 0.15) is 0 Å². The quantitative estimate of drug-likeness (QED) is 0.184. The minimum absolute atomic E-state index is 0.439. The van der Waals surface area contributed by atoms with E-state index in [4.69, 9.17) is 9.97 Å². The average molecular weight is 625 g/mol. The van der Waals surface area contributed by atoms with E-state index in [0.29, 0.717) is 5.82 Å². The minimum Gasteiger partial charge on any atom is -0.228 e. The van der Waals surface area contributed by atoms with E-state index in [1.165, 1.54) is 44.5 Å². The molecule has 0 aliphatic heterocycles. The van der Waals surface area contributed by atoms with Crippen molar-refractivity contribution < 1.29 is 0 Å². The van der Waals surface area contributed by atoms with E-state index >= 15 is 0 Å². The summed E-state index contributed by atoms with van der Waals surface area (Å²) in [5, 5.41) is 0. The Kier molecular flexibility index (Phi) is 7.06. The number of rotatable bonds is 6. The van der Waals surface area contributed by atoms with Gasteiger partial charge in [0.2, 0.25) is 0 Å². The highest BCUT2D eigenvalue weighted by Crippen LogP contribution is 2.56. The second kappa shape index (κ2) is 12.0. The molecule has 0 radical (unpaired) electrons. The number of nitrogens with zero attached hydrogens (tertiary/aromatic N) is 2. The SMILES string of the molecule is c1ccc(-c2ccc(-c3cc(-c4ccccc4)nc(-c4ccc(C5(c6ccccc6)c6ccccc6-c6ccccc65)cc4)n3)cc2)cc1. The van der Waals surface area contributed by atoms with E-state index in [-0.39, 0.29) is 0 Å². The number of fused-ring (bicyclic) bond motifs is 3. The van der Waals surface area contributed by atoms with Crippen molar-refractivity contribution in [1.82, 2.24) is 9.97 Å². The fraction of sp³-hybridized carbons (Fsp3) is 0.0213. The summed E-state index contributed by atoms with van der Waals surface area (Å²) < 4.78 is 0. The van der Waals surface area contributed by atoms with E-state index in [9.17, 15) is 0 Å². The van der Waals surface area contributed by atoms with Crippen molar-refractivity contribution in [1.29, 1.82) is 0 Å². The van der Waals surface area contributed by atoms with Crippen LogP contribution in [0.4, 0.5) is 0 Å². The molecule has 2 heteroatoms. The van der Waals surface area contributed by atoms with E-state index in [1.807, 2.05) is 12.1 Å². The Morgan fingerprint density at radius 3 is 1.27 bits per heavy atom. The Morgan fingerprint density at radius 1 is 0.306 bits per heavy atom. The van der Waals surface area contributed by atoms with Gasteiger partial charge in [-0.25, -0.2) is 9.97 Å². The third-order valence-electron chi connectivity index (χ3n) is 9.82. The molecule has 230 valence electrons. The third-order valence-corrected chi connectivity index (χ3v) is 9.82. The van der Waals surface area contributed by atoms with Crippen molar-refractivity contribution in [3.05, 3.63) is 216 Å².